The molecule has 0 bridgehead atoms. The van der Waals surface area contributed by atoms with Crippen molar-refractivity contribution in [3.8, 4) is 0 Å². The molecule has 1 amide bonds. The lowest BCUT2D eigenvalue weighted by atomic mass is 10.1. The number of carbonyl (C=O) groups is 1. The van der Waals surface area contributed by atoms with Crippen molar-refractivity contribution < 1.29 is 13.2 Å². The first-order valence-electron chi connectivity index (χ1n) is 9.98. The zero-order chi connectivity index (χ0) is 21.0. The molecule has 0 spiro atoms. The van der Waals surface area contributed by atoms with Gasteiger partial charge in [0, 0.05) is 31.9 Å². The summed E-state index contributed by atoms with van der Waals surface area (Å²) >= 11 is 0. The minimum atomic E-state index is -3.50. The highest BCUT2D eigenvalue weighted by atomic mass is 32.2. The lowest BCUT2D eigenvalue weighted by molar-refractivity contribution is -0.117. The number of benzene rings is 2. The van der Waals surface area contributed by atoms with E-state index in [4.69, 9.17) is 0 Å². The van der Waals surface area contributed by atoms with Crippen molar-refractivity contribution in [3.63, 3.8) is 0 Å². The molecule has 0 aromatic heterocycles. The van der Waals surface area contributed by atoms with Crippen LogP contribution in [0.1, 0.15) is 23.6 Å². The Hall–Kier alpha value is -2.22. The van der Waals surface area contributed by atoms with Crippen LogP contribution in [0.2, 0.25) is 0 Å². The Morgan fingerprint density at radius 2 is 1.69 bits per heavy atom. The normalized spacial score (nSPS) is 16.0. The Morgan fingerprint density at radius 3 is 2.34 bits per heavy atom. The molecule has 29 heavy (non-hydrogen) atoms. The third-order valence-corrected chi connectivity index (χ3v) is 7.38. The molecule has 1 heterocycles. The van der Waals surface area contributed by atoms with E-state index in [1.165, 1.54) is 4.31 Å². The molecular formula is C22H29N3O3S. The fraction of sp³-hybridized carbons (Fsp3) is 0.409. The maximum atomic E-state index is 12.9. The molecule has 0 aliphatic carbocycles. The van der Waals surface area contributed by atoms with Gasteiger partial charge in [-0.15, -0.1) is 0 Å². The van der Waals surface area contributed by atoms with E-state index in [1.54, 1.807) is 12.1 Å². The largest absolute Gasteiger partial charge is 0.325 e. The molecule has 156 valence electrons. The van der Waals surface area contributed by atoms with Crippen molar-refractivity contribution in [1.29, 1.82) is 0 Å². The SMILES string of the molecule is CCc1ccccc1NC(=O)CN1CCN(S(=O)(=O)c2ccc(C)c(C)c2)CC1. The summed E-state index contributed by atoms with van der Waals surface area (Å²) in [6.45, 7) is 8.04. The Balaban J connectivity index is 1.57. The second kappa shape index (κ2) is 9.07. The van der Waals surface area contributed by atoms with Crippen LogP contribution in [0.3, 0.4) is 0 Å². The van der Waals surface area contributed by atoms with Gasteiger partial charge in [0.25, 0.3) is 0 Å². The van der Waals surface area contributed by atoms with E-state index in [9.17, 15) is 13.2 Å². The molecule has 6 nitrogen and oxygen atoms in total. The Labute approximate surface area is 173 Å². The quantitative estimate of drug-likeness (QED) is 0.788. The van der Waals surface area contributed by atoms with Gasteiger partial charge < -0.3 is 5.32 Å². The molecule has 2 aromatic carbocycles. The van der Waals surface area contributed by atoms with E-state index in [-0.39, 0.29) is 12.5 Å². The fourth-order valence-corrected chi connectivity index (χ4v) is 5.00. The molecule has 0 radical (unpaired) electrons. The van der Waals surface area contributed by atoms with Gasteiger partial charge >= 0.3 is 0 Å². The molecule has 0 unspecified atom stereocenters. The number of piperazine rings is 1. The lowest BCUT2D eigenvalue weighted by Gasteiger charge is -2.33. The molecule has 1 N–H and O–H groups in total. The van der Waals surface area contributed by atoms with E-state index in [1.807, 2.05) is 49.1 Å². The zero-order valence-electron chi connectivity index (χ0n) is 17.3. The molecule has 0 saturated carbocycles. The van der Waals surface area contributed by atoms with Crippen LogP contribution in [0, 0.1) is 13.8 Å². The van der Waals surface area contributed by atoms with Gasteiger partial charge in [0.1, 0.15) is 0 Å². The number of sulfonamides is 1. The van der Waals surface area contributed by atoms with E-state index in [0.29, 0.717) is 31.1 Å². The second-order valence-electron chi connectivity index (χ2n) is 7.49. The van der Waals surface area contributed by atoms with Gasteiger partial charge in [-0.3, -0.25) is 9.69 Å². The predicted octanol–water partition coefficient (Wildman–Crippen LogP) is 2.81. The average Bonchev–Trinajstić information content (AvgIpc) is 2.70. The van der Waals surface area contributed by atoms with E-state index in [2.05, 4.69) is 12.2 Å². The van der Waals surface area contributed by atoms with E-state index in [0.717, 1.165) is 28.8 Å². The van der Waals surface area contributed by atoms with Crippen LogP contribution in [0.4, 0.5) is 5.69 Å². The summed E-state index contributed by atoms with van der Waals surface area (Å²) in [5.74, 6) is -0.0728. The molecule has 1 aliphatic rings. The highest BCUT2D eigenvalue weighted by Crippen LogP contribution is 2.21. The van der Waals surface area contributed by atoms with Crippen molar-refractivity contribution in [2.45, 2.75) is 32.1 Å². The number of anilines is 1. The average molecular weight is 416 g/mol. The smallest absolute Gasteiger partial charge is 0.243 e. The Bertz CT molecular complexity index is 981. The van der Waals surface area contributed by atoms with Crippen LogP contribution in [0.5, 0.6) is 0 Å². The number of nitrogens with one attached hydrogen (secondary N) is 1. The maximum absolute atomic E-state index is 12.9. The highest BCUT2D eigenvalue weighted by Gasteiger charge is 2.29. The zero-order valence-corrected chi connectivity index (χ0v) is 18.1. The maximum Gasteiger partial charge on any atom is 0.243 e. The summed E-state index contributed by atoms with van der Waals surface area (Å²) < 4.78 is 27.4. The first kappa shape index (κ1) is 21.5. The first-order valence-corrected chi connectivity index (χ1v) is 11.4. The monoisotopic (exact) mass is 415 g/mol. The summed E-state index contributed by atoms with van der Waals surface area (Å²) in [5.41, 5.74) is 3.99. The number of hydrogen-bond donors (Lipinski definition) is 1. The number of hydrogen-bond acceptors (Lipinski definition) is 4. The summed E-state index contributed by atoms with van der Waals surface area (Å²) in [6, 6.07) is 13.0. The minimum absolute atomic E-state index is 0.0728. The molecule has 2 aromatic rings. The van der Waals surface area contributed by atoms with Gasteiger partial charge in [0.05, 0.1) is 11.4 Å². The van der Waals surface area contributed by atoms with Crippen molar-refractivity contribution in [1.82, 2.24) is 9.21 Å². The van der Waals surface area contributed by atoms with Crippen molar-refractivity contribution in [3.05, 3.63) is 59.2 Å². The standard InChI is InChI=1S/C22H29N3O3S/c1-4-19-7-5-6-8-21(19)23-22(26)16-24-11-13-25(14-12-24)29(27,28)20-10-9-17(2)18(3)15-20/h5-10,15H,4,11-14,16H2,1-3H3,(H,23,26). The Kier molecular flexibility index (Phi) is 6.72. The molecule has 1 aliphatic heterocycles. The van der Waals surface area contributed by atoms with Gasteiger partial charge in [-0.25, -0.2) is 8.42 Å². The van der Waals surface area contributed by atoms with Gasteiger partial charge in [0.2, 0.25) is 15.9 Å². The van der Waals surface area contributed by atoms with E-state index >= 15 is 0 Å². The van der Waals surface area contributed by atoms with Gasteiger partial charge in [-0.2, -0.15) is 4.31 Å². The molecule has 1 saturated heterocycles. The van der Waals surface area contributed by atoms with Gasteiger partial charge in [-0.05, 0) is 55.2 Å². The number of rotatable bonds is 6. The van der Waals surface area contributed by atoms with E-state index < -0.39 is 10.0 Å². The number of carbonyl (C=O) groups excluding carboxylic acids is 1. The summed E-state index contributed by atoms with van der Waals surface area (Å²) in [5, 5.41) is 2.98. The second-order valence-corrected chi connectivity index (χ2v) is 9.42. The lowest BCUT2D eigenvalue weighted by Crippen LogP contribution is -2.50. The number of aryl methyl sites for hydroxylation is 3. The van der Waals surface area contributed by atoms with Crippen LogP contribution >= 0.6 is 0 Å². The van der Waals surface area contributed by atoms with Crippen molar-refractivity contribution >= 4 is 21.6 Å². The fourth-order valence-electron chi connectivity index (χ4n) is 3.49. The first-order chi connectivity index (χ1) is 13.8. The third kappa shape index (κ3) is 5.04. The highest BCUT2D eigenvalue weighted by molar-refractivity contribution is 7.89. The van der Waals surface area contributed by atoms with Gasteiger partial charge in [0.15, 0.2) is 0 Å². The molecule has 1 fully saturated rings. The van der Waals surface area contributed by atoms with Crippen LogP contribution in [-0.2, 0) is 21.2 Å². The van der Waals surface area contributed by atoms with Crippen LogP contribution in [0.15, 0.2) is 47.4 Å². The molecule has 7 heteroatoms. The third-order valence-electron chi connectivity index (χ3n) is 5.49. The molecular weight excluding hydrogens is 386 g/mol. The van der Waals surface area contributed by atoms with Crippen LogP contribution in [-0.4, -0.2) is 56.3 Å². The van der Waals surface area contributed by atoms with Crippen LogP contribution < -0.4 is 5.32 Å². The summed E-state index contributed by atoms with van der Waals surface area (Å²) in [7, 11) is -3.50. The Morgan fingerprint density at radius 1 is 1.00 bits per heavy atom. The molecule has 3 rings (SSSR count). The van der Waals surface area contributed by atoms with Crippen molar-refractivity contribution in [2.24, 2.45) is 0 Å². The van der Waals surface area contributed by atoms with Crippen LogP contribution in [0.25, 0.3) is 0 Å². The topological polar surface area (TPSA) is 69.7 Å². The van der Waals surface area contributed by atoms with Gasteiger partial charge in [-0.1, -0.05) is 31.2 Å². The summed E-state index contributed by atoms with van der Waals surface area (Å²) in [6.07, 6.45) is 0.853. The predicted molar refractivity (Wildman–Crippen MR) is 116 cm³/mol. The number of amides is 1. The molecule has 0 atom stereocenters. The summed E-state index contributed by atoms with van der Waals surface area (Å²) in [4.78, 5) is 14.8. The number of para-hydroxylation sites is 1. The minimum Gasteiger partial charge on any atom is -0.325 e. The van der Waals surface area contributed by atoms with Crippen molar-refractivity contribution in [2.75, 3.05) is 38.0 Å². The number of nitrogens with zero attached hydrogens (tertiary/aromatic N) is 2.